The van der Waals surface area contributed by atoms with E-state index < -0.39 is 17.2 Å². The molecule has 0 bridgehead atoms. The van der Waals surface area contributed by atoms with Crippen LogP contribution in [0, 0.1) is 28.9 Å². The molecule has 0 saturated heterocycles. The molecular formula is C17H17F2N3O2S. The smallest absolute Gasteiger partial charge is 0.270 e. The predicted octanol–water partition coefficient (Wildman–Crippen LogP) is 3.73. The van der Waals surface area contributed by atoms with Crippen LogP contribution in [0.5, 0.6) is 5.75 Å². The van der Waals surface area contributed by atoms with Gasteiger partial charge < -0.3 is 9.72 Å². The van der Waals surface area contributed by atoms with Gasteiger partial charge >= 0.3 is 0 Å². The number of aromatic nitrogens is 2. The molecule has 132 valence electrons. The summed E-state index contributed by atoms with van der Waals surface area (Å²) in [5.41, 5.74) is -1.15. The minimum Gasteiger partial charge on any atom is -0.490 e. The molecule has 0 aliphatic rings. The maximum absolute atomic E-state index is 14.3. The summed E-state index contributed by atoms with van der Waals surface area (Å²) in [7, 11) is 0. The summed E-state index contributed by atoms with van der Waals surface area (Å²) in [5.74, 6) is -1.64. The van der Waals surface area contributed by atoms with Crippen LogP contribution in [-0.4, -0.2) is 22.8 Å². The molecule has 0 amide bonds. The Bertz CT molecular complexity index is 875. The minimum absolute atomic E-state index is 0.0563. The lowest BCUT2D eigenvalue weighted by molar-refractivity contribution is 0.277. The lowest BCUT2D eigenvalue weighted by atomic mass is 10.1. The fourth-order valence-corrected chi connectivity index (χ4v) is 2.50. The second-order valence-corrected chi connectivity index (χ2v) is 6.50. The number of ether oxygens (including phenoxy) is 1. The van der Waals surface area contributed by atoms with E-state index in [4.69, 9.17) is 4.74 Å². The molecule has 1 N–H and O–H groups in total. The molecule has 0 unspecified atom stereocenters. The number of nitriles is 1. The van der Waals surface area contributed by atoms with E-state index in [9.17, 15) is 18.8 Å². The van der Waals surface area contributed by atoms with Crippen LogP contribution in [0.4, 0.5) is 8.78 Å². The van der Waals surface area contributed by atoms with E-state index in [2.05, 4.69) is 9.97 Å². The van der Waals surface area contributed by atoms with Crippen molar-refractivity contribution in [2.24, 2.45) is 5.92 Å². The first kappa shape index (κ1) is 18.9. The average molecular weight is 365 g/mol. The van der Waals surface area contributed by atoms with E-state index in [1.165, 1.54) is 0 Å². The molecule has 2 rings (SSSR count). The molecule has 25 heavy (non-hydrogen) atoms. The van der Waals surface area contributed by atoms with E-state index >= 15 is 0 Å². The first-order chi connectivity index (χ1) is 11.9. The number of aromatic amines is 1. The Morgan fingerprint density at radius 3 is 2.72 bits per heavy atom. The molecule has 0 spiro atoms. The Hall–Kier alpha value is -2.40. The third kappa shape index (κ3) is 4.37. The monoisotopic (exact) mass is 365 g/mol. The molecule has 8 heteroatoms. The quantitative estimate of drug-likeness (QED) is 0.623. The van der Waals surface area contributed by atoms with Crippen molar-refractivity contribution >= 4 is 11.8 Å². The third-order valence-electron chi connectivity index (χ3n) is 3.41. The number of H-pyrrole nitrogens is 1. The minimum atomic E-state index is -0.907. The maximum Gasteiger partial charge on any atom is 0.270 e. The Labute approximate surface area is 148 Å². The number of hydrogen-bond donors (Lipinski definition) is 1. The van der Waals surface area contributed by atoms with Gasteiger partial charge in [-0.05, 0) is 24.7 Å². The summed E-state index contributed by atoms with van der Waals surface area (Å²) in [6.45, 7) is 4.19. The standard InChI is InChI=1S/C17H17F2N3O2S/c1-9(2)4-5-24-15-11(6-10(18)7-13(15)19)14-12(8-20)16(23)22-17(21-14)25-3/h6-7,9H,4-5H2,1-3H3,(H,21,22,23). The third-order valence-corrected chi connectivity index (χ3v) is 3.99. The molecular weight excluding hydrogens is 348 g/mol. The van der Waals surface area contributed by atoms with Crippen molar-refractivity contribution in [1.29, 1.82) is 5.26 Å². The Kier molecular flexibility index (Phi) is 6.15. The van der Waals surface area contributed by atoms with Crippen LogP contribution in [0.3, 0.4) is 0 Å². The second-order valence-electron chi connectivity index (χ2n) is 5.71. The van der Waals surface area contributed by atoms with Crippen LogP contribution >= 0.6 is 11.8 Å². The molecule has 0 atom stereocenters. The SMILES string of the molecule is CSc1nc(-c2cc(F)cc(F)c2OCCC(C)C)c(C#N)c(=O)[nH]1. The van der Waals surface area contributed by atoms with Crippen LogP contribution in [-0.2, 0) is 0 Å². The molecule has 0 radical (unpaired) electrons. The van der Waals surface area contributed by atoms with E-state index in [-0.39, 0.29) is 34.3 Å². The van der Waals surface area contributed by atoms with Gasteiger partial charge in [0.25, 0.3) is 5.56 Å². The molecule has 1 aromatic carbocycles. The molecule has 1 heterocycles. The van der Waals surface area contributed by atoms with E-state index in [1.807, 2.05) is 13.8 Å². The van der Waals surface area contributed by atoms with Crippen LogP contribution in [0.2, 0.25) is 0 Å². The Morgan fingerprint density at radius 1 is 1.40 bits per heavy atom. The topological polar surface area (TPSA) is 78.8 Å². The highest BCUT2D eigenvalue weighted by atomic mass is 32.2. The van der Waals surface area contributed by atoms with Gasteiger partial charge in [-0.3, -0.25) is 4.79 Å². The van der Waals surface area contributed by atoms with Gasteiger partial charge in [0.1, 0.15) is 23.1 Å². The molecule has 5 nitrogen and oxygen atoms in total. The Morgan fingerprint density at radius 2 is 2.12 bits per heavy atom. The zero-order chi connectivity index (χ0) is 18.6. The summed E-state index contributed by atoms with van der Waals surface area (Å²) in [6, 6.07) is 3.45. The van der Waals surface area contributed by atoms with Crippen LogP contribution in [0.25, 0.3) is 11.3 Å². The molecule has 0 fully saturated rings. The van der Waals surface area contributed by atoms with E-state index in [1.54, 1.807) is 12.3 Å². The van der Waals surface area contributed by atoms with Crippen molar-refractivity contribution in [2.45, 2.75) is 25.4 Å². The first-order valence-corrected chi connectivity index (χ1v) is 8.80. The van der Waals surface area contributed by atoms with Gasteiger partial charge in [0.15, 0.2) is 16.7 Å². The van der Waals surface area contributed by atoms with Crippen molar-refractivity contribution in [3.05, 3.63) is 39.7 Å². The molecule has 2 aromatic rings. The van der Waals surface area contributed by atoms with Gasteiger partial charge in [-0.1, -0.05) is 25.6 Å². The molecule has 1 aromatic heterocycles. The largest absolute Gasteiger partial charge is 0.490 e. The van der Waals surface area contributed by atoms with Crippen molar-refractivity contribution in [2.75, 3.05) is 12.9 Å². The normalized spacial score (nSPS) is 10.8. The van der Waals surface area contributed by atoms with Gasteiger partial charge in [-0.25, -0.2) is 13.8 Å². The van der Waals surface area contributed by atoms with Crippen LogP contribution < -0.4 is 10.3 Å². The summed E-state index contributed by atoms with van der Waals surface area (Å²) >= 11 is 1.14. The zero-order valence-electron chi connectivity index (χ0n) is 14.0. The summed E-state index contributed by atoms with van der Waals surface area (Å²) < 4.78 is 33.5. The van der Waals surface area contributed by atoms with Gasteiger partial charge in [-0.2, -0.15) is 5.26 Å². The van der Waals surface area contributed by atoms with Gasteiger partial charge in [0, 0.05) is 11.6 Å². The number of nitrogens with zero attached hydrogens (tertiary/aromatic N) is 2. The number of hydrogen-bond acceptors (Lipinski definition) is 5. The average Bonchev–Trinajstić information content (AvgIpc) is 2.55. The van der Waals surface area contributed by atoms with Crippen molar-refractivity contribution in [3.8, 4) is 23.1 Å². The second kappa shape index (κ2) is 8.12. The van der Waals surface area contributed by atoms with E-state index in [0.29, 0.717) is 18.4 Å². The van der Waals surface area contributed by atoms with Gasteiger partial charge in [0.2, 0.25) is 0 Å². The number of rotatable bonds is 6. The van der Waals surface area contributed by atoms with Crippen molar-refractivity contribution < 1.29 is 13.5 Å². The summed E-state index contributed by atoms with van der Waals surface area (Å²) in [4.78, 5) is 18.6. The lowest BCUT2D eigenvalue weighted by Gasteiger charge is -2.14. The number of benzene rings is 1. The Balaban J connectivity index is 2.64. The summed E-state index contributed by atoms with van der Waals surface area (Å²) in [6.07, 6.45) is 2.35. The number of halogens is 2. The fraction of sp³-hybridized carbons (Fsp3) is 0.353. The number of thioether (sulfide) groups is 1. The maximum atomic E-state index is 14.3. The molecule has 0 aliphatic heterocycles. The summed E-state index contributed by atoms with van der Waals surface area (Å²) in [5, 5.41) is 9.49. The predicted molar refractivity (Wildman–Crippen MR) is 91.7 cm³/mol. The van der Waals surface area contributed by atoms with Gasteiger partial charge in [-0.15, -0.1) is 0 Å². The van der Waals surface area contributed by atoms with Crippen LogP contribution in [0.1, 0.15) is 25.8 Å². The fourth-order valence-electron chi connectivity index (χ4n) is 2.13. The highest BCUT2D eigenvalue weighted by Crippen LogP contribution is 2.34. The lowest BCUT2D eigenvalue weighted by Crippen LogP contribution is -2.15. The van der Waals surface area contributed by atoms with E-state index in [0.717, 1.165) is 17.8 Å². The first-order valence-electron chi connectivity index (χ1n) is 7.58. The molecule has 0 aliphatic carbocycles. The zero-order valence-corrected chi connectivity index (χ0v) is 14.8. The molecule has 0 saturated carbocycles. The van der Waals surface area contributed by atoms with Crippen molar-refractivity contribution in [3.63, 3.8) is 0 Å². The van der Waals surface area contributed by atoms with Gasteiger partial charge in [0.05, 0.1) is 6.61 Å². The van der Waals surface area contributed by atoms with Crippen LogP contribution in [0.15, 0.2) is 22.1 Å². The van der Waals surface area contributed by atoms with Crippen molar-refractivity contribution in [1.82, 2.24) is 9.97 Å². The number of nitrogens with one attached hydrogen (secondary N) is 1. The highest BCUT2D eigenvalue weighted by Gasteiger charge is 2.21. The highest BCUT2D eigenvalue weighted by molar-refractivity contribution is 7.98.